The number of hydrogen-bond donors (Lipinski definition) is 1. The second-order valence-corrected chi connectivity index (χ2v) is 8.84. The Labute approximate surface area is 150 Å². The topological polar surface area (TPSA) is 79.6 Å². The number of imidazole rings is 1. The number of nitrogens with one attached hydrogen (secondary N) is 1. The van der Waals surface area contributed by atoms with Gasteiger partial charge in [-0.15, -0.1) is 5.10 Å². The molecule has 1 saturated heterocycles. The highest BCUT2D eigenvalue weighted by atomic mass is 32.2. The first-order valence-electron chi connectivity index (χ1n) is 8.16. The van der Waals surface area contributed by atoms with E-state index in [-0.39, 0.29) is 6.04 Å². The molecule has 1 fully saturated rings. The van der Waals surface area contributed by atoms with Crippen molar-refractivity contribution in [2.75, 3.05) is 18.0 Å². The van der Waals surface area contributed by atoms with Crippen LogP contribution in [0.2, 0.25) is 0 Å². The first-order valence-corrected chi connectivity index (χ1v) is 10.5. The van der Waals surface area contributed by atoms with Gasteiger partial charge in [-0.25, -0.2) is 22.6 Å². The van der Waals surface area contributed by atoms with Crippen LogP contribution in [-0.2, 0) is 10.0 Å². The van der Waals surface area contributed by atoms with Crippen molar-refractivity contribution < 1.29 is 8.42 Å². The van der Waals surface area contributed by atoms with E-state index in [9.17, 15) is 8.42 Å². The second-order valence-electron chi connectivity index (χ2n) is 6.19. The predicted molar refractivity (Wildman–Crippen MR) is 97.6 cm³/mol. The molecule has 1 aromatic carbocycles. The fourth-order valence-corrected chi connectivity index (χ4v) is 5.31. The highest BCUT2D eigenvalue weighted by Gasteiger charge is 2.26. The van der Waals surface area contributed by atoms with Gasteiger partial charge in [-0.1, -0.05) is 29.5 Å². The molecule has 132 valence electrons. The molecule has 3 aromatic rings. The summed E-state index contributed by atoms with van der Waals surface area (Å²) in [6.07, 6.45) is 3.43. The summed E-state index contributed by atoms with van der Waals surface area (Å²) in [6, 6.07) is 8.46. The van der Waals surface area contributed by atoms with E-state index in [1.54, 1.807) is 40.1 Å². The van der Waals surface area contributed by atoms with Gasteiger partial charge < -0.3 is 4.90 Å². The minimum atomic E-state index is -3.45. The Kier molecular flexibility index (Phi) is 4.22. The van der Waals surface area contributed by atoms with Crippen molar-refractivity contribution in [3.05, 3.63) is 42.2 Å². The molecule has 1 aliphatic heterocycles. The van der Waals surface area contributed by atoms with Crippen LogP contribution in [0.3, 0.4) is 0 Å². The predicted octanol–water partition coefficient (Wildman–Crippen LogP) is 2.05. The Hall–Kier alpha value is -1.97. The summed E-state index contributed by atoms with van der Waals surface area (Å²) in [5, 5.41) is 5.50. The van der Waals surface area contributed by atoms with Gasteiger partial charge in [0.15, 0.2) is 0 Å². The fraction of sp³-hybridized carbons (Fsp3) is 0.375. The monoisotopic (exact) mass is 377 g/mol. The zero-order valence-corrected chi connectivity index (χ0v) is 15.4. The van der Waals surface area contributed by atoms with Crippen LogP contribution >= 0.6 is 11.3 Å². The van der Waals surface area contributed by atoms with E-state index in [1.165, 1.54) is 0 Å². The number of anilines is 1. The van der Waals surface area contributed by atoms with Gasteiger partial charge in [-0.2, -0.15) is 0 Å². The number of rotatable bonds is 4. The largest absolute Gasteiger partial charge is 0.347 e. The standard InChI is InChI=1S/C16H19N5O2S2/c1-12-11-21-15(17-12)24-16(18-21)20-9-7-13(8-10-20)19-25(22,23)14-5-3-2-4-6-14/h2-6,11,13,19H,7-10H2,1H3. The summed E-state index contributed by atoms with van der Waals surface area (Å²) in [5.74, 6) is 0. The lowest BCUT2D eigenvalue weighted by Gasteiger charge is -2.31. The average Bonchev–Trinajstić information content (AvgIpc) is 3.13. The molecule has 0 radical (unpaired) electrons. The third-order valence-electron chi connectivity index (χ3n) is 4.29. The van der Waals surface area contributed by atoms with E-state index in [4.69, 9.17) is 0 Å². The Morgan fingerprint density at radius 1 is 1.20 bits per heavy atom. The average molecular weight is 377 g/mol. The first kappa shape index (κ1) is 16.5. The Morgan fingerprint density at radius 3 is 2.60 bits per heavy atom. The van der Waals surface area contributed by atoms with Crippen LogP contribution in [0.15, 0.2) is 41.4 Å². The zero-order chi connectivity index (χ0) is 17.4. The lowest BCUT2D eigenvalue weighted by atomic mass is 10.1. The number of fused-ring (bicyclic) bond motifs is 1. The van der Waals surface area contributed by atoms with Crippen molar-refractivity contribution in [3.63, 3.8) is 0 Å². The maximum absolute atomic E-state index is 12.4. The van der Waals surface area contributed by atoms with E-state index in [1.807, 2.05) is 19.2 Å². The minimum Gasteiger partial charge on any atom is -0.347 e. The van der Waals surface area contributed by atoms with Crippen LogP contribution in [0.25, 0.3) is 4.96 Å². The lowest BCUT2D eigenvalue weighted by Crippen LogP contribution is -2.44. The van der Waals surface area contributed by atoms with Gasteiger partial charge in [0.1, 0.15) is 0 Å². The molecular formula is C16H19N5O2S2. The van der Waals surface area contributed by atoms with Gasteiger partial charge in [-0.05, 0) is 31.9 Å². The van der Waals surface area contributed by atoms with Crippen molar-refractivity contribution in [1.82, 2.24) is 19.3 Å². The van der Waals surface area contributed by atoms with Crippen LogP contribution in [0.1, 0.15) is 18.5 Å². The summed E-state index contributed by atoms with van der Waals surface area (Å²) < 4.78 is 29.5. The van der Waals surface area contributed by atoms with Gasteiger partial charge in [0, 0.05) is 19.1 Å². The van der Waals surface area contributed by atoms with E-state index < -0.39 is 10.0 Å². The van der Waals surface area contributed by atoms with Crippen LogP contribution in [0.4, 0.5) is 5.13 Å². The third kappa shape index (κ3) is 3.39. The number of aromatic nitrogens is 3. The van der Waals surface area contributed by atoms with E-state index in [0.29, 0.717) is 4.90 Å². The maximum Gasteiger partial charge on any atom is 0.240 e. The van der Waals surface area contributed by atoms with Gasteiger partial charge in [-0.3, -0.25) is 0 Å². The van der Waals surface area contributed by atoms with Crippen molar-refractivity contribution in [2.24, 2.45) is 0 Å². The molecule has 0 atom stereocenters. The van der Waals surface area contributed by atoms with E-state index >= 15 is 0 Å². The fourth-order valence-electron chi connectivity index (χ4n) is 3.00. The Bertz CT molecular complexity index is 941. The molecule has 0 spiro atoms. The molecular weight excluding hydrogens is 358 g/mol. The summed E-state index contributed by atoms with van der Waals surface area (Å²) in [6.45, 7) is 3.50. The number of nitrogens with zero attached hydrogens (tertiary/aromatic N) is 4. The highest BCUT2D eigenvalue weighted by molar-refractivity contribution is 7.89. The molecule has 9 heteroatoms. The van der Waals surface area contributed by atoms with E-state index in [2.05, 4.69) is 19.7 Å². The molecule has 0 aliphatic carbocycles. The smallest absolute Gasteiger partial charge is 0.240 e. The summed E-state index contributed by atoms with van der Waals surface area (Å²) in [7, 11) is -3.45. The van der Waals surface area contributed by atoms with E-state index in [0.717, 1.165) is 41.7 Å². The summed E-state index contributed by atoms with van der Waals surface area (Å²) in [5.41, 5.74) is 0.958. The number of benzene rings is 1. The van der Waals surface area contributed by atoms with Crippen LogP contribution in [0, 0.1) is 6.92 Å². The number of sulfonamides is 1. The van der Waals surface area contributed by atoms with Gasteiger partial charge in [0.2, 0.25) is 20.1 Å². The van der Waals surface area contributed by atoms with Crippen molar-refractivity contribution in [3.8, 4) is 0 Å². The normalized spacial score (nSPS) is 16.6. The second kappa shape index (κ2) is 6.40. The molecule has 0 amide bonds. The maximum atomic E-state index is 12.4. The molecule has 1 aliphatic rings. The van der Waals surface area contributed by atoms with Crippen LogP contribution in [-0.4, -0.2) is 42.1 Å². The zero-order valence-electron chi connectivity index (χ0n) is 13.8. The molecule has 0 bridgehead atoms. The van der Waals surface area contributed by atoms with Crippen molar-refractivity contribution in [2.45, 2.75) is 30.7 Å². The minimum absolute atomic E-state index is 0.0484. The first-order chi connectivity index (χ1) is 12.0. The molecule has 2 aromatic heterocycles. The number of aryl methyl sites for hydroxylation is 1. The van der Waals surface area contributed by atoms with Crippen molar-refractivity contribution in [1.29, 1.82) is 0 Å². The summed E-state index contributed by atoms with van der Waals surface area (Å²) >= 11 is 1.56. The molecule has 3 heterocycles. The number of piperidine rings is 1. The highest BCUT2D eigenvalue weighted by Crippen LogP contribution is 2.26. The van der Waals surface area contributed by atoms with Crippen molar-refractivity contribution >= 4 is 31.5 Å². The van der Waals surface area contributed by atoms with Crippen LogP contribution < -0.4 is 9.62 Å². The summed E-state index contributed by atoms with van der Waals surface area (Å²) in [4.78, 5) is 7.82. The molecule has 7 nitrogen and oxygen atoms in total. The molecule has 25 heavy (non-hydrogen) atoms. The lowest BCUT2D eigenvalue weighted by molar-refractivity contribution is 0.459. The van der Waals surface area contributed by atoms with Gasteiger partial charge in [0.25, 0.3) is 0 Å². The Balaban J connectivity index is 1.40. The SMILES string of the molecule is Cc1cn2nc(N3CCC(NS(=O)(=O)c4ccccc4)CC3)sc2n1. The number of hydrogen-bond acceptors (Lipinski definition) is 6. The molecule has 1 N–H and O–H groups in total. The van der Waals surface area contributed by atoms with Gasteiger partial charge in [0.05, 0.1) is 16.8 Å². The quantitative estimate of drug-likeness (QED) is 0.753. The van der Waals surface area contributed by atoms with Crippen LogP contribution in [0.5, 0.6) is 0 Å². The Morgan fingerprint density at radius 2 is 1.92 bits per heavy atom. The molecule has 0 saturated carbocycles. The molecule has 0 unspecified atom stereocenters. The third-order valence-corrected chi connectivity index (χ3v) is 6.81. The van der Waals surface area contributed by atoms with Gasteiger partial charge >= 0.3 is 0 Å². The molecule has 4 rings (SSSR count).